The van der Waals surface area contributed by atoms with Gasteiger partial charge in [-0.25, -0.2) is 4.98 Å². The van der Waals surface area contributed by atoms with Gasteiger partial charge in [0.05, 0.1) is 5.02 Å². The molecule has 0 radical (unpaired) electrons. The van der Waals surface area contributed by atoms with Gasteiger partial charge < -0.3 is 10.2 Å². The van der Waals surface area contributed by atoms with Crippen molar-refractivity contribution in [2.24, 2.45) is 0 Å². The molecule has 0 saturated carbocycles. The van der Waals surface area contributed by atoms with E-state index in [1.54, 1.807) is 12.1 Å². The summed E-state index contributed by atoms with van der Waals surface area (Å²) < 4.78 is 0. The van der Waals surface area contributed by atoms with Crippen molar-refractivity contribution in [3.05, 3.63) is 28.0 Å². The molecule has 1 N–H and O–H groups in total. The summed E-state index contributed by atoms with van der Waals surface area (Å²) in [6.45, 7) is 7.62. The number of carbonyl (C=O) groups excluding carboxylic acids is 1. The summed E-state index contributed by atoms with van der Waals surface area (Å²) in [6, 6.07) is 3.13. The lowest BCUT2D eigenvalue weighted by Gasteiger charge is -2.19. The molecular formula is C13H19Cl2N3O. The zero-order chi connectivity index (χ0) is 14.3. The van der Waals surface area contributed by atoms with Crippen LogP contribution in [0.2, 0.25) is 10.2 Å². The molecule has 0 spiro atoms. The quantitative estimate of drug-likeness (QED) is 0.788. The molecule has 0 aliphatic rings. The molecule has 1 amide bonds. The van der Waals surface area contributed by atoms with Gasteiger partial charge in [0.15, 0.2) is 0 Å². The fourth-order valence-corrected chi connectivity index (χ4v) is 2.07. The van der Waals surface area contributed by atoms with Crippen LogP contribution in [0.25, 0.3) is 0 Å². The Labute approximate surface area is 124 Å². The number of pyridine rings is 1. The Hall–Kier alpha value is -0.840. The molecular weight excluding hydrogens is 285 g/mol. The molecule has 0 saturated heterocycles. The van der Waals surface area contributed by atoms with Crippen LogP contribution < -0.4 is 5.32 Å². The lowest BCUT2D eigenvalue weighted by atomic mass is 10.3. The molecule has 0 aromatic carbocycles. The standard InChI is InChI=1S/C13H19Cl2N3O/c1-3-8-18(4-2)9-7-16-13(19)12-10(14)5-6-11(15)17-12/h5-6H,3-4,7-9H2,1-2H3,(H,16,19). The van der Waals surface area contributed by atoms with Gasteiger partial charge in [0.1, 0.15) is 10.8 Å². The van der Waals surface area contributed by atoms with E-state index in [1.807, 2.05) is 0 Å². The Morgan fingerprint density at radius 2 is 2.05 bits per heavy atom. The van der Waals surface area contributed by atoms with E-state index >= 15 is 0 Å². The second-order valence-corrected chi connectivity index (χ2v) is 4.95. The Kier molecular flexibility index (Phi) is 7.13. The Balaban J connectivity index is 2.49. The minimum absolute atomic E-state index is 0.174. The van der Waals surface area contributed by atoms with E-state index in [9.17, 15) is 4.79 Å². The smallest absolute Gasteiger partial charge is 0.271 e. The molecule has 0 fully saturated rings. The Morgan fingerprint density at radius 3 is 2.68 bits per heavy atom. The molecule has 1 aromatic heterocycles. The number of hydrogen-bond acceptors (Lipinski definition) is 3. The maximum Gasteiger partial charge on any atom is 0.271 e. The molecule has 4 nitrogen and oxygen atoms in total. The number of nitrogens with zero attached hydrogens (tertiary/aromatic N) is 2. The Bertz CT molecular complexity index is 426. The van der Waals surface area contributed by atoms with Crippen molar-refractivity contribution in [3.8, 4) is 0 Å². The highest BCUT2D eigenvalue weighted by Gasteiger charge is 2.12. The van der Waals surface area contributed by atoms with Crippen LogP contribution in [0.5, 0.6) is 0 Å². The second kappa shape index (κ2) is 8.35. The van der Waals surface area contributed by atoms with E-state index in [0.717, 1.165) is 26.1 Å². The normalized spacial score (nSPS) is 10.8. The zero-order valence-electron chi connectivity index (χ0n) is 11.2. The highest BCUT2D eigenvalue weighted by atomic mass is 35.5. The largest absolute Gasteiger partial charge is 0.349 e. The van der Waals surface area contributed by atoms with E-state index in [-0.39, 0.29) is 16.8 Å². The first-order chi connectivity index (χ1) is 9.08. The van der Waals surface area contributed by atoms with Gasteiger partial charge in [0.25, 0.3) is 5.91 Å². The van der Waals surface area contributed by atoms with Gasteiger partial charge in [-0.2, -0.15) is 0 Å². The van der Waals surface area contributed by atoms with Gasteiger partial charge in [-0.05, 0) is 31.6 Å². The summed E-state index contributed by atoms with van der Waals surface area (Å²) in [5.74, 6) is -0.292. The molecule has 6 heteroatoms. The summed E-state index contributed by atoms with van der Waals surface area (Å²) in [4.78, 5) is 18.1. The minimum Gasteiger partial charge on any atom is -0.349 e. The topological polar surface area (TPSA) is 45.2 Å². The van der Waals surface area contributed by atoms with Crippen molar-refractivity contribution >= 4 is 29.1 Å². The van der Waals surface area contributed by atoms with Gasteiger partial charge in [-0.3, -0.25) is 4.79 Å². The number of halogens is 2. The van der Waals surface area contributed by atoms with E-state index < -0.39 is 0 Å². The summed E-state index contributed by atoms with van der Waals surface area (Å²) in [7, 11) is 0. The van der Waals surface area contributed by atoms with Crippen LogP contribution in [0.4, 0.5) is 0 Å². The van der Waals surface area contributed by atoms with Crippen LogP contribution in [-0.4, -0.2) is 42.0 Å². The lowest BCUT2D eigenvalue weighted by molar-refractivity contribution is 0.0944. The number of carbonyl (C=O) groups is 1. The molecule has 0 unspecified atom stereocenters. The van der Waals surface area contributed by atoms with E-state index in [1.165, 1.54) is 0 Å². The van der Waals surface area contributed by atoms with Gasteiger partial charge in [0.2, 0.25) is 0 Å². The maximum absolute atomic E-state index is 11.9. The average Bonchev–Trinajstić information content (AvgIpc) is 2.40. The highest BCUT2D eigenvalue weighted by molar-refractivity contribution is 6.34. The first-order valence-electron chi connectivity index (χ1n) is 6.41. The monoisotopic (exact) mass is 303 g/mol. The molecule has 106 valence electrons. The number of aromatic nitrogens is 1. The fourth-order valence-electron chi connectivity index (χ4n) is 1.73. The van der Waals surface area contributed by atoms with E-state index in [2.05, 4.69) is 29.0 Å². The fraction of sp³-hybridized carbons (Fsp3) is 0.538. The van der Waals surface area contributed by atoms with Crippen molar-refractivity contribution in [3.63, 3.8) is 0 Å². The molecule has 1 rings (SSSR count). The van der Waals surface area contributed by atoms with Crippen LogP contribution >= 0.6 is 23.2 Å². The summed E-state index contributed by atoms with van der Waals surface area (Å²) in [5, 5.41) is 3.37. The predicted octanol–water partition coefficient (Wildman–Crippen LogP) is 2.85. The van der Waals surface area contributed by atoms with Crippen molar-refractivity contribution in [2.75, 3.05) is 26.2 Å². The molecule has 1 heterocycles. The van der Waals surface area contributed by atoms with Gasteiger partial charge >= 0.3 is 0 Å². The van der Waals surface area contributed by atoms with Crippen LogP contribution in [0.15, 0.2) is 12.1 Å². The number of hydrogen-bond donors (Lipinski definition) is 1. The van der Waals surface area contributed by atoms with Crippen LogP contribution in [-0.2, 0) is 0 Å². The lowest BCUT2D eigenvalue weighted by Crippen LogP contribution is -2.35. The van der Waals surface area contributed by atoms with Gasteiger partial charge in [0, 0.05) is 13.1 Å². The third-order valence-electron chi connectivity index (χ3n) is 2.73. The number of amides is 1. The van der Waals surface area contributed by atoms with E-state index in [0.29, 0.717) is 11.6 Å². The zero-order valence-corrected chi connectivity index (χ0v) is 12.8. The summed E-state index contributed by atoms with van der Waals surface area (Å²) in [6.07, 6.45) is 1.10. The maximum atomic E-state index is 11.9. The number of rotatable bonds is 7. The third-order valence-corrected chi connectivity index (χ3v) is 3.24. The van der Waals surface area contributed by atoms with Crippen molar-refractivity contribution in [2.45, 2.75) is 20.3 Å². The molecule has 0 aliphatic heterocycles. The van der Waals surface area contributed by atoms with E-state index in [4.69, 9.17) is 23.2 Å². The van der Waals surface area contributed by atoms with Crippen LogP contribution in [0, 0.1) is 0 Å². The van der Waals surface area contributed by atoms with Gasteiger partial charge in [-0.15, -0.1) is 0 Å². The van der Waals surface area contributed by atoms with Crippen molar-refractivity contribution in [1.29, 1.82) is 0 Å². The average molecular weight is 304 g/mol. The summed E-state index contributed by atoms with van der Waals surface area (Å²) >= 11 is 11.7. The van der Waals surface area contributed by atoms with Crippen LogP contribution in [0.3, 0.4) is 0 Å². The first kappa shape index (κ1) is 16.2. The third kappa shape index (κ3) is 5.35. The molecule has 1 aromatic rings. The SMILES string of the molecule is CCCN(CC)CCNC(=O)c1nc(Cl)ccc1Cl. The van der Waals surface area contributed by atoms with Gasteiger partial charge in [-0.1, -0.05) is 37.0 Å². The molecule has 19 heavy (non-hydrogen) atoms. The van der Waals surface area contributed by atoms with Crippen LogP contribution in [0.1, 0.15) is 30.8 Å². The summed E-state index contributed by atoms with van der Waals surface area (Å²) in [5.41, 5.74) is 0.174. The highest BCUT2D eigenvalue weighted by Crippen LogP contribution is 2.16. The molecule has 0 bridgehead atoms. The number of likely N-dealkylation sites (N-methyl/N-ethyl adjacent to an activating group) is 1. The predicted molar refractivity (Wildman–Crippen MR) is 79.0 cm³/mol. The first-order valence-corrected chi connectivity index (χ1v) is 7.16. The van der Waals surface area contributed by atoms with Crippen molar-refractivity contribution in [1.82, 2.24) is 15.2 Å². The number of nitrogens with one attached hydrogen (secondary N) is 1. The Morgan fingerprint density at radius 1 is 1.32 bits per heavy atom. The molecule has 0 atom stereocenters. The van der Waals surface area contributed by atoms with Crippen molar-refractivity contribution < 1.29 is 4.79 Å². The second-order valence-electron chi connectivity index (χ2n) is 4.15. The molecule has 0 aliphatic carbocycles. The minimum atomic E-state index is -0.292.